The van der Waals surface area contributed by atoms with Gasteiger partial charge >= 0.3 is 0 Å². The van der Waals surface area contributed by atoms with Crippen LogP contribution in [0.2, 0.25) is 0 Å². The van der Waals surface area contributed by atoms with Gasteiger partial charge in [0.1, 0.15) is 6.61 Å². The minimum atomic E-state index is -0.167. The topological polar surface area (TPSA) is 59.6 Å². The highest BCUT2D eigenvalue weighted by Gasteiger charge is 2.18. The predicted molar refractivity (Wildman–Crippen MR) is 80.8 cm³/mol. The van der Waals surface area contributed by atoms with Crippen LogP contribution in [0.4, 0.5) is 5.69 Å². The predicted octanol–water partition coefficient (Wildman–Crippen LogP) is 1.78. The average molecular weight is 343 g/mol. The molecule has 1 amide bonds. The van der Waals surface area contributed by atoms with Crippen molar-refractivity contribution in [3.05, 3.63) is 28.7 Å². The van der Waals surface area contributed by atoms with Crippen molar-refractivity contribution in [3.63, 3.8) is 0 Å². The molecule has 1 saturated heterocycles. The quantitative estimate of drug-likeness (QED) is 0.856. The van der Waals surface area contributed by atoms with Crippen molar-refractivity contribution in [2.75, 3.05) is 31.6 Å². The molecule has 0 radical (unpaired) electrons. The minimum Gasteiger partial charge on any atom is -0.370 e. The van der Waals surface area contributed by atoms with Gasteiger partial charge in [-0.05, 0) is 25.1 Å². The molecule has 5 nitrogen and oxygen atoms in total. The van der Waals surface area contributed by atoms with Crippen LogP contribution in [-0.2, 0) is 14.3 Å². The molecule has 110 valence electrons. The highest BCUT2D eigenvalue weighted by Crippen LogP contribution is 2.15. The monoisotopic (exact) mass is 342 g/mol. The van der Waals surface area contributed by atoms with E-state index in [4.69, 9.17) is 9.47 Å². The third kappa shape index (κ3) is 5.20. The molecule has 1 fully saturated rings. The summed E-state index contributed by atoms with van der Waals surface area (Å²) in [4.78, 5) is 11.7. The lowest BCUT2D eigenvalue weighted by Crippen LogP contribution is -2.45. The van der Waals surface area contributed by atoms with Crippen LogP contribution in [0.25, 0.3) is 0 Å². The van der Waals surface area contributed by atoms with Gasteiger partial charge in [-0.3, -0.25) is 4.79 Å². The summed E-state index contributed by atoms with van der Waals surface area (Å²) in [5, 5.41) is 6.04. The molecule has 0 aromatic heterocycles. The fourth-order valence-corrected chi connectivity index (χ4v) is 2.42. The van der Waals surface area contributed by atoms with Gasteiger partial charge in [0.2, 0.25) is 5.91 Å². The molecule has 2 rings (SSSR count). The Kier molecular flexibility index (Phi) is 5.97. The van der Waals surface area contributed by atoms with Gasteiger partial charge in [0.15, 0.2) is 0 Å². The van der Waals surface area contributed by atoms with Gasteiger partial charge in [-0.1, -0.05) is 22.0 Å². The number of anilines is 1. The summed E-state index contributed by atoms with van der Waals surface area (Å²) in [5.74, 6) is -0.167. The first-order valence-corrected chi connectivity index (χ1v) is 7.42. The summed E-state index contributed by atoms with van der Waals surface area (Å²) >= 11 is 3.36. The Bertz CT molecular complexity index is 456. The Morgan fingerprint density at radius 1 is 1.55 bits per heavy atom. The lowest BCUT2D eigenvalue weighted by Gasteiger charge is -2.28. The molecule has 1 heterocycles. The zero-order chi connectivity index (χ0) is 14.4. The van der Waals surface area contributed by atoms with E-state index in [-0.39, 0.29) is 24.7 Å². The second kappa shape index (κ2) is 7.73. The van der Waals surface area contributed by atoms with Gasteiger partial charge in [0.25, 0.3) is 0 Å². The van der Waals surface area contributed by atoms with Crippen molar-refractivity contribution in [2.24, 2.45) is 0 Å². The van der Waals surface area contributed by atoms with E-state index in [2.05, 4.69) is 26.6 Å². The van der Waals surface area contributed by atoms with Gasteiger partial charge in [-0.25, -0.2) is 0 Å². The molecule has 1 aliphatic rings. The molecular formula is C14H19BrN2O3. The molecule has 6 heteroatoms. The molecule has 0 spiro atoms. The highest BCUT2D eigenvalue weighted by atomic mass is 79.9. The molecule has 1 aliphatic heterocycles. The fourth-order valence-electron chi connectivity index (χ4n) is 2.02. The van der Waals surface area contributed by atoms with Crippen LogP contribution in [0, 0.1) is 0 Å². The molecule has 0 aliphatic carbocycles. The van der Waals surface area contributed by atoms with E-state index >= 15 is 0 Å². The molecule has 1 aromatic carbocycles. The summed E-state index contributed by atoms with van der Waals surface area (Å²) in [6.07, 6.45) is 0.199. The minimum absolute atomic E-state index is 0.0115. The maximum absolute atomic E-state index is 11.7. The first-order valence-electron chi connectivity index (χ1n) is 6.63. The third-order valence-corrected chi connectivity index (χ3v) is 3.37. The third-order valence-electron chi connectivity index (χ3n) is 2.87. The van der Waals surface area contributed by atoms with Gasteiger partial charge in [-0.15, -0.1) is 0 Å². The first-order chi connectivity index (χ1) is 9.63. The van der Waals surface area contributed by atoms with Gasteiger partial charge < -0.3 is 20.1 Å². The second-order valence-electron chi connectivity index (χ2n) is 4.80. The maximum atomic E-state index is 11.7. The van der Waals surface area contributed by atoms with Crippen LogP contribution in [0.15, 0.2) is 28.7 Å². The van der Waals surface area contributed by atoms with E-state index < -0.39 is 0 Å². The average Bonchev–Trinajstić information content (AvgIpc) is 2.38. The number of carbonyl (C=O) groups excluding carboxylic acids is 1. The van der Waals surface area contributed by atoms with E-state index in [9.17, 15) is 4.79 Å². The van der Waals surface area contributed by atoms with Crippen LogP contribution in [0.3, 0.4) is 0 Å². The molecule has 1 aromatic rings. The van der Waals surface area contributed by atoms with E-state index in [1.54, 1.807) is 0 Å². The van der Waals surface area contributed by atoms with Crippen LogP contribution >= 0.6 is 15.9 Å². The molecular weight excluding hydrogens is 324 g/mol. The molecule has 2 N–H and O–H groups in total. The Balaban J connectivity index is 1.67. The van der Waals surface area contributed by atoms with Crippen LogP contribution in [0.1, 0.15) is 6.92 Å². The molecule has 2 unspecified atom stereocenters. The van der Waals surface area contributed by atoms with Crippen molar-refractivity contribution in [3.8, 4) is 0 Å². The number of ether oxygens (including phenoxy) is 2. The summed E-state index contributed by atoms with van der Waals surface area (Å²) in [6.45, 7) is 4.08. The van der Waals surface area contributed by atoms with Crippen LogP contribution in [0.5, 0.6) is 0 Å². The Morgan fingerprint density at radius 2 is 2.40 bits per heavy atom. The lowest BCUT2D eigenvalue weighted by molar-refractivity contribution is -0.123. The van der Waals surface area contributed by atoms with Crippen LogP contribution < -0.4 is 10.6 Å². The molecule has 0 saturated carbocycles. The second-order valence-corrected chi connectivity index (χ2v) is 5.72. The molecule has 20 heavy (non-hydrogen) atoms. The number of amides is 1. The summed E-state index contributed by atoms with van der Waals surface area (Å²) in [6, 6.07) is 7.44. The Hall–Kier alpha value is -0.950. The molecule has 0 bridgehead atoms. The van der Waals surface area contributed by atoms with Crippen molar-refractivity contribution in [2.45, 2.75) is 19.1 Å². The maximum Gasteiger partial charge on any atom is 0.250 e. The Morgan fingerprint density at radius 3 is 3.15 bits per heavy atom. The standard InChI is InChI=1S/C14H19BrN2O3/c1-10-6-16-7-13(20-10)8-19-9-14(18)17-12-4-2-3-11(15)5-12/h2-5,10,13,16H,6-9H2,1H3,(H,17,18). The van der Waals surface area contributed by atoms with E-state index in [1.807, 2.05) is 31.2 Å². The fraction of sp³-hybridized carbons (Fsp3) is 0.500. The van der Waals surface area contributed by atoms with Gasteiger partial charge in [-0.2, -0.15) is 0 Å². The lowest BCUT2D eigenvalue weighted by atomic mass is 10.2. The zero-order valence-corrected chi connectivity index (χ0v) is 13.0. The van der Waals surface area contributed by atoms with Crippen molar-refractivity contribution >= 4 is 27.5 Å². The number of nitrogens with one attached hydrogen (secondary N) is 2. The number of halogens is 1. The van der Waals surface area contributed by atoms with Crippen molar-refractivity contribution < 1.29 is 14.3 Å². The number of morpholine rings is 1. The van der Waals surface area contributed by atoms with Gasteiger partial charge in [0.05, 0.1) is 18.8 Å². The van der Waals surface area contributed by atoms with Crippen molar-refractivity contribution in [1.29, 1.82) is 0 Å². The SMILES string of the molecule is CC1CNCC(COCC(=O)Nc2cccc(Br)c2)O1. The van der Waals surface area contributed by atoms with Crippen molar-refractivity contribution in [1.82, 2.24) is 5.32 Å². The zero-order valence-electron chi connectivity index (χ0n) is 11.4. The Labute approximate surface area is 127 Å². The van der Waals surface area contributed by atoms with E-state index in [0.29, 0.717) is 6.61 Å². The van der Waals surface area contributed by atoms with Crippen LogP contribution in [-0.4, -0.2) is 44.4 Å². The summed E-state index contributed by atoms with van der Waals surface area (Å²) in [5.41, 5.74) is 0.747. The number of hydrogen-bond acceptors (Lipinski definition) is 4. The number of hydrogen-bond donors (Lipinski definition) is 2. The van der Waals surface area contributed by atoms with E-state index in [1.165, 1.54) is 0 Å². The number of rotatable bonds is 5. The van der Waals surface area contributed by atoms with E-state index in [0.717, 1.165) is 23.2 Å². The largest absolute Gasteiger partial charge is 0.370 e. The normalized spacial score (nSPS) is 22.5. The summed E-state index contributed by atoms with van der Waals surface area (Å²) < 4.78 is 12.0. The highest BCUT2D eigenvalue weighted by molar-refractivity contribution is 9.10. The smallest absolute Gasteiger partial charge is 0.250 e. The molecule has 2 atom stereocenters. The van der Waals surface area contributed by atoms with Gasteiger partial charge in [0, 0.05) is 23.2 Å². The first kappa shape index (κ1) is 15.4. The number of carbonyl (C=O) groups is 1. The summed E-state index contributed by atoms with van der Waals surface area (Å²) in [7, 11) is 0. The number of benzene rings is 1.